The molecule has 0 aliphatic carbocycles. The van der Waals surface area contributed by atoms with Crippen molar-refractivity contribution in [3.63, 3.8) is 0 Å². The van der Waals surface area contributed by atoms with Gasteiger partial charge in [0.05, 0.1) is 23.4 Å². The molecular formula is C15H17N3O2S. The number of nitrogens with zero attached hydrogens (tertiary/aromatic N) is 2. The SMILES string of the molecule is Cc1cc2ncn(CC(=O)NC3CCSC3=O)c2cc1C. The summed E-state index contributed by atoms with van der Waals surface area (Å²) >= 11 is 1.29. The van der Waals surface area contributed by atoms with E-state index in [9.17, 15) is 9.59 Å². The number of hydrogen-bond acceptors (Lipinski definition) is 4. The molecule has 1 N–H and O–H groups in total. The average Bonchev–Trinajstić information content (AvgIpc) is 2.99. The smallest absolute Gasteiger partial charge is 0.240 e. The van der Waals surface area contributed by atoms with Gasteiger partial charge in [0.25, 0.3) is 0 Å². The first-order valence-corrected chi connectivity index (χ1v) is 7.91. The second kappa shape index (κ2) is 5.52. The third-order valence-electron chi connectivity index (χ3n) is 3.82. The normalized spacial score (nSPS) is 18.4. The molecule has 2 aromatic rings. The van der Waals surface area contributed by atoms with Crippen LogP contribution in [0.2, 0.25) is 0 Å². The zero-order chi connectivity index (χ0) is 15.0. The number of aryl methyl sites for hydroxylation is 2. The maximum Gasteiger partial charge on any atom is 0.240 e. The van der Waals surface area contributed by atoms with Gasteiger partial charge in [-0.15, -0.1) is 0 Å². The molecule has 3 rings (SSSR count). The van der Waals surface area contributed by atoms with Crippen molar-refractivity contribution in [2.75, 3.05) is 5.75 Å². The number of rotatable bonds is 3. The standard InChI is InChI=1S/C15H17N3O2S/c1-9-5-12-13(6-10(9)2)18(8-16-12)7-14(19)17-11-3-4-21-15(11)20/h5-6,8,11H,3-4,7H2,1-2H3,(H,17,19). The minimum Gasteiger partial charge on any atom is -0.344 e. The van der Waals surface area contributed by atoms with Gasteiger partial charge < -0.3 is 9.88 Å². The summed E-state index contributed by atoms with van der Waals surface area (Å²) < 4.78 is 1.82. The van der Waals surface area contributed by atoms with E-state index in [0.717, 1.165) is 23.2 Å². The highest BCUT2D eigenvalue weighted by molar-refractivity contribution is 8.14. The number of fused-ring (bicyclic) bond motifs is 1. The van der Waals surface area contributed by atoms with Crippen LogP contribution in [0.1, 0.15) is 17.5 Å². The first-order chi connectivity index (χ1) is 10.0. The van der Waals surface area contributed by atoms with E-state index < -0.39 is 0 Å². The van der Waals surface area contributed by atoms with Crippen molar-refractivity contribution in [3.05, 3.63) is 29.6 Å². The van der Waals surface area contributed by atoms with Crippen LogP contribution in [0, 0.1) is 13.8 Å². The highest BCUT2D eigenvalue weighted by atomic mass is 32.2. The summed E-state index contributed by atoms with van der Waals surface area (Å²) in [7, 11) is 0. The fourth-order valence-corrected chi connectivity index (χ4v) is 3.39. The number of nitrogens with one attached hydrogen (secondary N) is 1. The molecule has 2 heterocycles. The van der Waals surface area contributed by atoms with Crippen LogP contribution in [0.3, 0.4) is 0 Å². The molecule has 0 radical (unpaired) electrons. The Kier molecular flexibility index (Phi) is 3.71. The summed E-state index contributed by atoms with van der Waals surface area (Å²) in [5, 5.41) is 2.86. The van der Waals surface area contributed by atoms with E-state index in [1.807, 2.05) is 30.5 Å². The van der Waals surface area contributed by atoms with Crippen LogP contribution in [0.5, 0.6) is 0 Å². The van der Waals surface area contributed by atoms with E-state index in [0.29, 0.717) is 0 Å². The molecule has 1 unspecified atom stereocenters. The largest absolute Gasteiger partial charge is 0.344 e. The van der Waals surface area contributed by atoms with Gasteiger partial charge in [-0.05, 0) is 43.5 Å². The number of amides is 1. The summed E-state index contributed by atoms with van der Waals surface area (Å²) in [6.07, 6.45) is 2.40. The minimum absolute atomic E-state index is 0.0605. The van der Waals surface area contributed by atoms with Gasteiger partial charge in [-0.2, -0.15) is 0 Å². The van der Waals surface area contributed by atoms with Crippen LogP contribution in [-0.2, 0) is 16.1 Å². The van der Waals surface area contributed by atoms with Crippen molar-refractivity contribution >= 4 is 33.8 Å². The Labute approximate surface area is 127 Å². The Morgan fingerprint density at radius 1 is 1.43 bits per heavy atom. The van der Waals surface area contributed by atoms with Crippen LogP contribution < -0.4 is 5.32 Å². The molecule has 1 aromatic carbocycles. The first kappa shape index (κ1) is 14.1. The van der Waals surface area contributed by atoms with E-state index in [4.69, 9.17) is 0 Å². The van der Waals surface area contributed by atoms with Gasteiger partial charge in [0.15, 0.2) is 0 Å². The Balaban J connectivity index is 1.77. The van der Waals surface area contributed by atoms with Crippen molar-refractivity contribution in [1.82, 2.24) is 14.9 Å². The topological polar surface area (TPSA) is 64.0 Å². The number of hydrogen-bond donors (Lipinski definition) is 1. The van der Waals surface area contributed by atoms with Gasteiger partial charge in [-0.3, -0.25) is 9.59 Å². The summed E-state index contributed by atoms with van der Waals surface area (Å²) in [4.78, 5) is 28.0. The van der Waals surface area contributed by atoms with Gasteiger partial charge in [0.2, 0.25) is 11.0 Å². The van der Waals surface area contributed by atoms with Gasteiger partial charge >= 0.3 is 0 Å². The van der Waals surface area contributed by atoms with Crippen LogP contribution >= 0.6 is 11.8 Å². The lowest BCUT2D eigenvalue weighted by Gasteiger charge is -2.11. The number of carbonyl (C=O) groups is 2. The zero-order valence-corrected chi connectivity index (χ0v) is 12.9. The maximum atomic E-state index is 12.1. The van der Waals surface area contributed by atoms with Crippen molar-refractivity contribution in [2.45, 2.75) is 32.9 Å². The third-order valence-corrected chi connectivity index (χ3v) is 4.83. The molecule has 1 atom stereocenters. The summed E-state index contributed by atoms with van der Waals surface area (Å²) in [6.45, 7) is 4.28. The lowest BCUT2D eigenvalue weighted by atomic mass is 10.1. The first-order valence-electron chi connectivity index (χ1n) is 6.92. The highest BCUT2D eigenvalue weighted by Gasteiger charge is 2.26. The predicted molar refractivity (Wildman–Crippen MR) is 83.2 cm³/mol. The molecule has 1 fully saturated rings. The molecule has 1 aromatic heterocycles. The summed E-state index contributed by atoms with van der Waals surface area (Å²) in [5.74, 6) is 0.643. The highest BCUT2D eigenvalue weighted by Crippen LogP contribution is 2.20. The molecule has 21 heavy (non-hydrogen) atoms. The number of imidazole rings is 1. The zero-order valence-electron chi connectivity index (χ0n) is 12.0. The van der Waals surface area contributed by atoms with Gasteiger partial charge in [0, 0.05) is 5.75 Å². The van der Waals surface area contributed by atoms with Crippen LogP contribution in [0.25, 0.3) is 11.0 Å². The summed E-state index contributed by atoms with van der Waals surface area (Å²) in [5.41, 5.74) is 4.19. The fraction of sp³-hybridized carbons (Fsp3) is 0.400. The van der Waals surface area contributed by atoms with Crippen LogP contribution in [0.4, 0.5) is 0 Å². The van der Waals surface area contributed by atoms with E-state index in [-0.39, 0.29) is 23.6 Å². The third kappa shape index (κ3) is 2.81. The number of aromatic nitrogens is 2. The number of benzene rings is 1. The fourth-order valence-electron chi connectivity index (χ4n) is 2.46. The molecular weight excluding hydrogens is 286 g/mol. The van der Waals surface area contributed by atoms with Crippen molar-refractivity contribution in [1.29, 1.82) is 0 Å². The van der Waals surface area contributed by atoms with Gasteiger partial charge in [-0.25, -0.2) is 4.98 Å². The van der Waals surface area contributed by atoms with Crippen LogP contribution in [0.15, 0.2) is 18.5 Å². The van der Waals surface area contributed by atoms with Crippen LogP contribution in [-0.4, -0.2) is 32.4 Å². The molecule has 1 amide bonds. The molecule has 1 saturated heterocycles. The molecule has 110 valence electrons. The monoisotopic (exact) mass is 303 g/mol. The molecule has 0 bridgehead atoms. The predicted octanol–water partition coefficient (Wildman–Crippen LogP) is 1.80. The van der Waals surface area contributed by atoms with Gasteiger partial charge in [-0.1, -0.05) is 11.8 Å². The molecule has 1 aliphatic heterocycles. The lowest BCUT2D eigenvalue weighted by molar-refractivity contribution is -0.124. The van der Waals surface area contributed by atoms with Gasteiger partial charge in [0.1, 0.15) is 6.54 Å². The Morgan fingerprint density at radius 3 is 2.90 bits per heavy atom. The molecule has 6 heteroatoms. The number of thioether (sulfide) groups is 1. The van der Waals surface area contributed by atoms with Crippen molar-refractivity contribution in [3.8, 4) is 0 Å². The second-order valence-corrected chi connectivity index (χ2v) is 6.47. The van der Waals surface area contributed by atoms with E-state index in [1.54, 1.807) is 6.33 Å². The molecule has 1 aliphatic rings. The average molecular weight is 303 g/mol. The quantitative estimate of drug-likeness (QED) is 0.939. The Bertz CT molecular complexity index is 723. The molecule has 0 saturated carbocycles. The van der Waals surface area contributed by atoms with E-state index in [2.05, 4.69) is 10.3 Å². The number of carbonyl (C=O) groups excluding carboxylic acids is 2. The van der Waals surface area contributed by atoms with Crippen molar-refractivity contribution < 1.29 is 9.59 Å². The second-order valence-electron chi connectivity index (χ2n) is 5.37. The van der Waals surface area contributed by atoms with E-state index >= 15 is 0 Å². The Hall–Kier alpha value is -1.82. The van der Waals surface area contributed by atoms with E-state index in [1.165, 1.54) is 22.9 Å². The molecule has 5 nitrogen and oxygen atoms in total. The maximum absolute atomic E-state index is 12.1. The summed E-state index contributed by atoms with van der Waals surface area (Å²) in [6, 6.07) is 3.74. The lowest BCUT2D eigenvalue weighted by Crippen LogP contribution is -2.38. The Morgan fingerprint density at radius 2 is 2.19 bits per heavy atom. The minimum atomic E-state index is -0.332. The molecule has 0 spiro atoms. The van der Waals surface area contributed by atoms with Crippen molar-refractivity contribution in [2.24, 2.45) is 0 Å².